The second kappa shape index (κ2) is 8.21. The van der Waals surface area contributed by atoms with Crippen molar-refractivity contribution in [1.82, 2.24) is 9.97 Å². The van der Waals surface area contributed by atoms with E-state index in [1.54, 1.807) is 12.1 Å². The molecule has 8 N–H and O–H groups in total. The van der Waals surface area contributed by atoms with Crippen LogP contribution >= 0.6 is 0 Å². The van der Waals surface area contributed by atoms with Crippen molar-refractivity contribution >= 4 is 23.1 Å². The van der Waals surface area contributed by atoms with Gasteiger partial charge in [-0.3, -0.25) is 5.01 Å². The molecule has 0 amide bonds. The van der Waals surface area contributed by atoms with E-state index in [-0.39, 0.29) is 5.95 Å². The maximum Gasteiger partial charge on any atom is 0.222 e. The molecular formula is C18H25N7O. The summed E-state index contributed by atoms with van der Waals surface area (Å²) in [5.74, 6) is 7.05. The van der Waals surface area contributed by atoms with Crippen molar-refractivity contribution < 1.29 is 4.42 Å². The van der Waals surface area contributed by atoms with E-state index in [4.69, 9.17) is 27.5 Å². The maximum atomic E-state index is 6.17. The number of rotatable bonds is 4. The van der Waals surface area contributed by atoms with Crippen molar-refractivity contribution in [2.75, 3.05) is 22.2 Å². The number of hydrogen-bond acceptors (Lipinski definition) is 8. The van der Waals surface area contributed by atoms with Gasteiger partial charge >= 0.3 is 0 Å². The lowest BCUT2D eigenvalue weighted by molar-refractivity contribution is 0.580. The summed E-state index contributed by atoms with van der Waals surface area (Å²) in [6, 6.07) is 9.18. The van der Waals surface area contributed by atoms with Crippen molar-refractivity contribution in [2.24, 2.45) is 5.84 Å². The maximum absolute atomic E-state index is 6.17. The highest BCUT2D eigenvalue weighted by atomic mass is 16.3. The van der Waals surface area contributed by atoms with E-state index in [9.17, 15) is 0 Å². The van der Waals surface area contributed by atoms with Crippen LogP contribution in [0.25, 0.3) is 11.5 Å². The number of furan rings is 1. The average molecular weight is 355 g/mol. The Morgan fingerprint density at radius 2 is 1.81 bits per heavy atom. The molecule has 1 aromatic carbocycles. The molecule has 0 aliphatic rings. The summed E-state index contributed by atoms with van der Waals surface area (Å²) in [6.07, 6.45) is 1.53. The molecule has 0 saturated heterocycles. The third-order valence-electron chi connectivity index (χ3n) is 3.66. The Morgan fingerprint density at radius 3 is 2.42 bits per heavy atom. The molecule has 0 fully saturated rings. The first-order chi connectivity index (χ1) is 12.5. The van der Waals surface area contributed by atoms with E-state index >= 15 is 0 Å². The highest BCUT2D eigenvalue weighted by Gasteiger charge is 2.18. The van der Waals surface area contributed by atoms with Crippen molar-refractivity contribution in [2.45, 2.75) is 27.3 Å². The Bertz CT molecular complexity index is 862. The molecule has 3 aromatic rings. The minimum Gasteiger partial charge on any atom is -0.463 e. The molecule has 26 heavy (non-hydrogen) atoms. The average Bonchev–Trinajstić information content (AvgIpc) is 3.16. The largest absolute Gasteiger partial charge is 0.463 e. The van der Waals surface area contributed by atoms with Crippen molar-refractivity contribution in [3.8, 4) is 11.5 Å². The van der Waals surface area contributed by atoms with Crippen LogP contribution in [0.15, 0.2) is 41.0 Å². The topological polar surface area (TPSA) is 146 Å². The quantitative estimate of drug-likeness (QED) is 0.317. The van der Waals surface area contributed by atoms with E-state index in [0.717, 1.165) is 16.8 Å². The first kappa shape index (κ1) is 19.1. The van der Waals surface area contributed by atoms with Gasteiger partial charge in [0.15, 0.2) is 11.6 Å². The van der Waals surface area contributed by atoms with E-state index in [2.05, 4.69) is 9.97 Å². The fourth-order valence-electron chi connectivity index (χ4n) is 2.40. The van der Waals surface area contributed by atoms with Crippen LogP contribution in [0.3, 0.4) is 0 Å². The fourth-order valence-corrected chi connectivity index (χ4v) is 2.40. The number of nitrogen functional groups attached to an aromatic ring is 3. The van der Waals surface area contributed by atoms with Gasteiger partial charge in [0.25, 0.3) is 0 Å². The third kappa shape index (κ3) is 4.04. The van der Waals surface area contributed by atoms with Gasteiger partial charge in [0.2, 0.25) is 5.95 Å². The SMILES string of the molecule is CC.Cc1cc(CN(N)c2nc(N)nc(-c3ccco3)c2N)ccc1N. The van der Waals surface area contributed by atoms with Gasteiger partial charge in [-0.2, -0.15) is 4.98 Å². The van der Waals surface area contributed by atoms with Crippen molar-refractivity contribution in [3.05, 3.63) is 47.7 Å². The normalized spacial score (nSPS) is 10.2. The predicted octanol–water partition coefficient (Wildman–Crippen LogP) is 2.70. The Morgan fingerprint density at radius 1 is 1.08 bits per heavy atom. The van der Waals surface area contributed by atoms with Gasteiger partial charge in [-0.05, 0) is 36.2 Å². The Kier molecular flexibility index (Phi) is 6.03. The monoisotopic (exact) mass is 355 g/mol. The highest BCUT2D eigenvalue weighted by molar-refractivity contribution is 5.79. The van der Waals surface area contributed by atoms with Crippen LogP contribution in [0, 0.1) is 6.92 Å². The van der Waals surface area contributed by atoms with Crippen LogP contribution in [0.4, 0.5) is 23.1 Å². The number of nitrogens with zero attached hydrogens (tertiary/aromatic N) is 3. The Hall–Kier alpha value is -3.26. The van der Waals surface area contributed by atoms with E-state index in [1.165, 1.54) is 11.3 Å². The summed E-state index contributed by atoms with van der Waals surface area (Å²) in [7, 11) is 0. The summed E-state index contributed by atoms with van der Waals surface area (Å²) in [6.45, 7) is 6.32. The molecule has 0 atom stereocenters. The summed E-state index contributed by atoms with van der Waals surface area (Å²) in [4.78, 5) is 8.30. The van der Waals surface area contributed by atoms with Gasteiger partial charge in [-0.25, -0.2) is 10.8 Å². The summed E-state index contributed by atoms with van der Waals surface area (Å²) in [5, 5.41) is 1.42. The second-order valence-corrected chi connectivity index (χ2v) is 5.46. The molecule has 0 bridgehead atoms. The van der Waals surface area contributed by atoms with Crippen LogP contribution in [0.5, 0.6) is 0 Å². The molecule has 0 aliphatic heterocycles. The van der Waals surface area contributed by atoms with E-state index < -0.39 is 0 Å². The number of nitrogens with two attached hydrogens (primary N) is 4. The molecular weight excluding hydrogens is 330 g/mol. The molecule has 0 unspecified atom stereocenters. The molecule has 0 spiro atoms. The van der Waals surface area contributed by atoms with Crippen LogP contribution in [-0.4, -0.2) is 9.97 Å². The van der Waals surface area contributed by atoms with Gasteiger partial charge in [0.1, 0.15) is 11.4 Å². The Balaban J connectivity index is 0.00000117. The number of hydrogen-bond donors (Lipinski definition) is 4. The minimum atomic E-state index is 0.0644. The van der Waals surface area contributed by atoms with Gasteiger partial charge < -0.3 is 21.6 Å². The lowest BCUT2D eigenvalue weighted by Gasteiger charge is -2.21. The number of aromatic nitrogens is 2. The van der Waals surface area contributed by atoms with Crippen LogP contribution in [0.1, 0.15) is 25.0 Å². The lowest BCUT2D eigenvalue weighted by atomic mass is 10.1. The molecule has 138 valence electrons. The number of anilines is 4. The molecule has 8 heteroatoms. The zero-order valence-corrected chi connectivity index (χ0v) is 15.2. The van der Waals surface area contributed by atoms with Gasteiger partial charge in [-0.1, -0.05) is 26.0 Å². The second-order valence-electron chi connectivity index (χ2n) is 5.46. The van der Waals surface area contributed by atoms with E-state index in [1.807, 2.05) is 39.0 Å². The predicted molar refractivity (Wildman–Crippen MR) is 106 cm³/mol. The smallest absolute Gasteiger partial charge is 0.222 e. The van der Waals surface area contributed by atoms with Crippen LogP contribution in [-0.2, 0) is 6.54 Å². The number of hydrazine groups is 1. The van der Waals surface area contributed by atoms with Gasteiger partial charge in [0.05, 0.1) is 12.8 Å². The molecule has 3 rings (SSSR count). The lowest BCUT2D eigenvalue weighted by Crippen LogP contribution is -2.32. The first-order valence-corrected chi connectivity index (χ1v) is 8.30. The zero-order valence-electron chi connectivity index (χ0n) is 15.2. The van der Waals surface area contributed by atoms with Crippen LogP contribution in [0.2, 0.25) is 0 Å². The summed E-state index contributed by atoms with van der Waals surface area (Å²) in [5.41, 5.74) is 21.2. The standard InChI is InChI=1S/C16H19N7O.C2H6/c1-9-7-10(4-5-11(9)17)8-23(20)15-13(18)14(21-16(19)22-15)12-3-2-6-24-12;1-2/h2-7H,8,17-18,20H2,1H3,(H2,19,21,22);1-2H3. The van der Waals surface area contributed by atoms with Crippen molar-refractivity contribution in [1.29, 1.82) is 0 Å². The highest BCUT2D eigenvalue weighted by Crippen LogP contribution is 2.31. The first-order valence-electron chi connectivity index (χ1n) is 8.30. The molecule has 0 saturated carbocycles. The van der Waals surface area contributed by atoms with Crippen LogP contribution < -0.4 is 28.1 Å². The van der Waals surface area contributed by atoms with Gasteiger partial charge in [0, 0.05) is 5.69 Å². The summed E-state index contributed by atoms with van der Waals surface area (Å²) >= 11 is 0. The zero-order chi connectivity index (χ0) is 19.3. The number of aryl methyl sites for hydroxylation is 1. The summed E-state index contributed by atoms with van der Waals surface area (Å²) < 4.78 is 5.34. The third-order valence-corrected chi connectivity index (χ3v) is 3.66. The van der Waals surface area contributed by atoms with E-state index in [0.29, 0.717) is 29.5 Å². The molecule has 2 heterocycles. The molecule has 0 radical (unpaired) electrons. The Labute approximate surface area is 152 Å². The number of benzene rings is 1. The molecule has 0 aliphatic carbocycles. The fraction of sp³-hybridized carbons (Fsp3) is 0.222. The molecule has 8 nitrogen and oxygen atoms in total. The minimum absolute atomic E-state index is 0.0644. The van der Waals surface area contributed by atoms with Gasteiger partial charge in [-0.15, -0.1) is 0 Å². The molecule has 2 aromatic heterocycles. The van der Waals surface area contributed by atoms with Crippen molar-refractivity contribution in [3.63, 3.8) is 0 Å².